The third-order valence-corrected chi connectivity index (χ3v) is 6.11. The van der Waals surface area contributed by atoms with Crippen molar-refractivity contribution in [3.05, 3.63) is 53.1 Å². The number of benzene rings is 2. The molecular weight excluding hydrogens is 446 g/mol. The first-order valence-corrected chi connectivity index (χ1v) is 11.7. The second-order valence-electron chi connectivity index (χ2n) is 8.86. The Kier molecular flexibility index (Phi) is 7.44. The maximum atomic E-state index is 11.9. The van der Waals surface area contributed by atoms with Gasteiger partial charge in [0, 0.05) is 30.8 Å². The Labute approximate surface area is 204 Å². The summed E-state index contributed by atoms with van der Waals surface area (Å²) in [5.41, 5.74) is 9.80. The molecule has 9 nitrogen and oxygen atoms in total. The molecule has 3 N–H and O–H groups in total. The van der Waals surface area contributed by atoms with Crippen molar-refractivity contribution < 1.29 is 19.2 Å². The average Bonchev–Trinajstić information content (AvgIpc) is 3.24. The number of rotatable bonds is 8. The summed E-state index contributed by atoms with van der Waals surface area (Å²) in [5, 5.41) is 23.0. The van der Waals surface area contributed by atoms with Crippen molar-refractivity contribution in [2.24, 2.45) is 5.73 Å². The van der Waals surface area contributed by atoms with Gasteiger partial charge in [0.15, 0.2) is 0 Å². The van der Waals surface area contributed by atoms with Crippen LogP contribution in [0, 0.1) is 11.3 Å². The van der Waals surface area contributed by atoms with Gasteiger partial charge in [-0.25, -0.2) is 0 Å². The molecule has 1 aromatic heterocycles. The highest BCUT2D eigenvalue weighted by molar-refractivity contribution is 5.79. The Morgan fingerprint density at radius 3 is 2.63 bits per heavy atom. The Morgan fingerprint density at radius 1 is 1.20 bits per heavy atom. The van der Waals surface area contributed by atoms with Crippen LogP contribution in [0.2, 0.25) is 0 Å². The van der Waals surface area contributed by atoms with E-state index in [1.165, 1.54) is 5.56 Å². The van der Waals surface area contributed by atoms with Gasteiger partial charge >= 0.3 is 0 Å². The van der Waals surface area contributed by atoms with E-state index in [0.29, 0.717) is 48.1 Å². The molecule has 0 radical (unpaired) electrons. The monoisotopic (exact) mass is 475 g/mol. The second kappa shape index (κ2) is 10.7. The predicted octanol–water partition coefficient (Wildman–Crippen LogP) is 2.70. The van der Waals surface area contributed by atoms with E-state index in [2.05, 4.69) is 28.3 Å². The molecule has 0 saturated heterocycles. The van der Waals surface area contributed by atoms with Crippen LogP contribution in [-0.4, -0.2) is 57.9 Å². The van der Waals surface area contributed by atoms with Gasteiger partial charge in [-0.1, -0.05) is 17.3 Å². The lowest BCUT2D eigenvalue weighted by atomic mass is 10.00. The summed E-state index contributed by atoms with van der Waals surface area (Å²) in [5.74, 6) is 0.888. The molecule has 3 aromatic rings. The normalized spacial score (nSPS) is 14.7. The maximum Gasteiger partial charge on any atom is 0.258 e. The Hall–Kier alpha value is -3.74. The van der Waals surface area contributed by atoms with E-state index in [-0.39, 0.29) is 12.7 Å². The van der Waals surface area contributed by atoms with E-state index in [1.54, 1.807) is 18.2 Å². The lowest BCUT2D eigenvalue weighted by Gasteiger charge is -2.27. The van der Waals surface area contributed by atoms with Gasteiger partial charge in [0.1, 0.15) is 11.8 Å². The number of nitrogens with zero attached hydrogens (tertiary/aromatic N) is 4. The molecule has 1 aliphatic rings. The smallest absolute Gasteiger partial charge is 0.258 e. The topological polar surface area (TPSA) is 138 Å². The van der Waals surface area contributed by atoms with Crippen LogP contribution < -0.4 is 10.5 Å². The van der Waals surface area contributed by atoms with E-state index < -0.39 is 11.9 Å². The molecule has 35 heavy (non-hydrogen) atoms. The molecule has 182 valence electrons. The maximum absolute atomic E-state index is 11.9. The van der Waals surface area contributed by atoms with Crippen molar-refractivity contribution in [3.63, 3.8) is 0 Å². The number of hydrogen-bond donors (Lipinski definition) is 2. The van der Waals surface area contributed by atoms with Gasteiger partial charge in [0.2, 0.25) is 11.7 Å². The summed E-state index contributed by atoms with van der Waals surface area (Å²) in [4.78, 5) is 18.5. The molecule has 1 unspecified atom stereocenters. The highest BCUT2D eigenvalue weighted by atomic mass is 16.5. The van der Waals surface area contributed by atoms with Crippen molar-refractivity contribution in [1.29, 1.82) is 5.26 Å². The van der Waals surface area contributed by atoms with E-state index >= 15 is 0 Å². The summed E-state index contributed by atoms with van der Waals surface area (Å²) < 4.78 is 11.2. The van der Waals surface area contributed by atoms with Crippen LogP contribution in [0.25, 0.3) is 22.8 Å². The SMILES string of the molecule is CC(C)Oc1ccc(-c2nc(-c3ccc4c(c3)CCN(C(CCO)C(N)=O)CC4)no2)cc1C#N. The molecule has 9 heteroatoms. The van der Waals surface area contributed by atoms with Crippen LogP contribution in [-0.2, 0) is 17.6 Å². The van der Waals surface area contributed by atoms with E-state index in [9.17, 15) is 15.2 Å². The third kappa shape index (κ3) is 5.50. The standard InChI is InChI=1S/C26H29N5O4/c1-16(2)34-23-6-5-20(14-21(23)15-27)26-29-25(30-35-26)19-4-3-17-7-10-31(11-8-18(17)13-19)22(9-12-32)24(28)33/h3-6,13-14,16,22,32H,7-12H2,1-2H3,(H2,28,33). The molecule has 0 fully saturated rings. The number of fused-ring (bicyclic) bond motifs is 1. The van der Waals surface area contributed by atoms with Crippen molar-refractivity contribution in [2.45, 2.75) is 45.3 Å². The lowest BCUT2D eigenvalue weighted by molar-refractivity contribution is -0.123. The summed E-state index contributed by atoms with van der Waals surface area (Å²) in [6.45, 7) is 5.10. The molecule has 2 aromatic carbocycles. The number of nitrogens with two attached hydrogens (primary N) is 1. The van der Waals surface area contributed by atoms with E-state index in [0.717, 1.165) is 24.0 Å². The van der Waals surface area contributed by atoms with Gasteiger partial charge in [0.25, 0.3) is 5.89 Å². The number of carbonyl (C=O) groups excluding carboxylic acids is 1. The summed E-state index contributed by atoms with van der Waals surface area (Å²) in [6.07, 6.45) is 1.82. The third-order valence-electron chi connectivity index (χ3n) is 6.11. The Morgan fingerprint density at radius 2 is 1.94 bits per heavy atom. The van der Waals surface area contributed by atoms with Crippen LogP contribution in [0.1, 0.15) is 37.0 Å². The molecule has 4 rings (SSSR count). The molecule has 0 spiro atoms. The number of primary amides is 1. The number of aromatic nitrogens is 2. The van der Waals surface area contributed by atoms with Crippen LogP contribution >= 0.6 is 0 Å². The first kappa shape index (κ1) is 24.4. The fourth-order valence-electron chi connectivity index (χ4n) is 4.39. The molecule has 1 aliphatic heterocycles. The number of carbonyl (C=O) groups is 1. The summed E-state index contributed by atoms with van der Waals surface area (Å²) in [6, 6.07) is 13.0. The van der Waals surface area contributed by atoms with Gasteiger partial charge in [-0.3, -0.25) is 9.69 Å². The Balaban J connectivity index is 1.54. The lowest BCUT2D eigenvalue weighted by Crippen LogP contribution is -2.46. The highest BCUT2D eigenvalue weighted by Crippen LogP contribution is 2.29. The number of ether oxygens (including phenoxy) is 1. The second-order valence-corrected chi connectivity index (χ2v) is 8.86. The average molecular weight is 476 g/mol. The fraction of sp³-hybridized carbons (Fsp3) is 0.385. The number of aliphatic hydroxyl groups excluding tert-OH is 1. The number of amides is 1. The van der Waals surface area contributed by atoms with Gasteiger partial charge < -0.3 is 20.1 Å². The van der Waals surface area contributed by atoms with Crippen LogP contribution in [0.15, 0.2) is 40.9 Å². The number of nitriles is 1. The fourth-order valence-corrected chi connectivity index (χ4v) is 4.39. The van der Waals surface area contributed by atoms with Gasteiger partial charge in [0.05, 0.1) is 17.7 Å². The minimum atomic E-state index is -0.468. The van der Waals surface area contributed by atoms with Crippen molar-refractivity contribution >= 4 is 5.91 Å². The molecule has 1 amide bonds. The quantitative estimate of drug-likeness (QED) is 0.507. The van der Waals surface area contributed by atoms with Crippen molar-refractivity contribution in [3.8, 4) is 34.7 Å². The van der Waals surface area contributed by atoms with Crippen molar-refractivity contribution in [1.82, 2.24) is 15.0 Å². The zero-order valence-electron chi connectivity index (χ0n) is 19.9. The number of hydrogen-bond acceptors (Lipinski definition) is 8. The summed E-state index contributed by atoms with van der Waals surface area (Å²) in [7, 11) is 0. The zero-order valence-corrected chi connectivity index (χ0v) is 19.9. The van der Waals surface area contributed by atoms with E-state index in [4.69, 9.17) is 15.0 Å². The Bertz CT molecular complexity index is 1250. The molecule has 0 saturated carbocycles. The molecule has 0 aliphatic carbocycles. The van der Waals surface area contributed by atoms with Crippen LogP contribution in [0.3, 0.4) is 0 Å². The molecule has 2 heterocycles. The predicted molar refractivity (Wildman–Crippen MR) is 129 cm³/mol. The molecular formula is C26H29N5O4. The van der Waals surface area contributed by atoms with Crippen LogP contribution in [0.5, 0.6) is 5.75 Å². The minimum absolute atomic E-state index is 0.0420. The first-order chi connectivity index (χ1) is 16.9. The number of aliphatic hydroxyl groups is 1. The zero-order chi connectivity index (χ0) is 24.9. The molecule has 0 bridgehead atoms. The largest absolute Gasteiger partial charge is 0.490 e. The summed E-state index contributed by atoms with van der Waals surface area (Å²) >= 11 is 0. The van der Waals surface area contributed by atoms with Gasteiger partial charge in [-0.05, 0) is 68.5 Å². The molecule has 1 atom stereocenters. The van der Waals surface area contributed by atoms with Crippen LogP contribution in [0.4, 0.5) is 0 Å². The van der Waals surface area contributed by atoms with Gasteiger partial charge in [-0.15, -0.1) is 0 Å². The van der Waals surface area contributed by atoms with Gasteiger partial charge in [-0.2, -0.15) is 10.2 Å². The highest BCUT2D eigenvalue weighted by Gasteiger charge is 2.25. The van der Waals surface area contributed by atoms with E-state index in [1.807, 2.05) is 24.8 Å². The van der Waals surface area contributed by atoms with Crippen molar-refractivity contribution in [2.75, 3.05) is 19.7 Å². The minimum Gasteiger partial charge on any atom is -0.490 e. The first-order valence-electron chi connectivity index (χ1n) is 11.7.